The van der Waals surface area contributed by atoms with Gasteiger partial charge in [-0.1, -0.05) is 0 Å². The molecule has 3 rings (SSSR count). The number of hydrogen-bond acceptors (Lipinski definition) is 7. The van der Waals surface area contributed by atoms with Gasteiger partial charge in [0.1, 0.15) is 17.2 Å². The molecule has 170 valence electrons. The minimum absolute atomic E-state index is 0.0677. The fourth-order valence-electron chi connectivity index (χ4n) is 2.89. The fraction of sp³-hybridized carbons (Fsp3) is 0.130. The molecule has 0 radical (unpaired) electrons. The monoisotopic (exact) mass is 450 g/mol. The summed E-state index contributed by atoms with van der Waals surface area (Å²) < 4.78 is 10.1. The van der Waals surface area contributed by atoms with Gasteiger partial charge in [0, 0.05) is 16.9 Å². The maximum atomic E-state index is 12.4. The van der Waals surface area contributed by atoms with Crippen LogP contribution < -0.4 is 25.4 Å². The number of nitrogens with zero attached hydrogens (tertiary/aromatic N) is 1. The molecule has 33 heavy (non-hydrogen) atoms. The van der Waals surface area contributed by atoms with Crippen molar-refractivity contribution < 1.29 is 24.0 Å². The number of carbonyl (C=O) groups is 2. The van der Waals surface area contributed by atoms with E-state index in [4.69, 9.17) is 9.47 Å². The Morgan fingerprint density at radius 1 is 0.848 bits per heavy atom. The van der Waals surface area contributed by atoms with E-state index < -0.39 is 10.8 Å². The number of hydrogen-bond donors (Lipinski definition) is 3. The third kappa shape index (κ3) is 6.20. The average Bonchev–Trinajstić information content (AvgIpc) is 2.83. The lowest BCUT2D eigenvalue weighted by Crippen LogP contribution is -2.22. The second kappa shape index (κ2) is 10.6. The molecule has 0 unspecified atom stereocenters. The number of nitro benzene ring substituents is 1. The second-order valence-electron chi connectivity index (χ2n) is 6.80. The van der Waals surface area contributed by atoms with E-state index in [0.717, 1.165) is 0 Å². The summed E-state index contributed by atoms with van der Waals surface area (Å²) in [6, 6.07) is 17.7. The van der Waals surface area contributed by atoms with Crippen molar-refractivity contribution in [2.24, 2.45) is 0 Å². The predicted molar refractivity (Wildman–Crippen MR) is 124 cm³/mol. The molecule has 2 amide bonds. The van der Waals surface area contributed by atoms with Crippen LogP contribution in [0.3, 0.4) is 0 Å². The van der Waals surface area contributed by atoms with Crippen LogP contribution in [0.25, 0.3) is 0 Å². The number of anilines is 3. The number of benzene rings is 3. The van der Waals surface area contributed by atoms with E-state index in [0.29, 0.717) is 28.4 Å². The Labute approximate surface area is 189 Å². The lowest BCUT2D eigenvalue weighted by molar-refractivity contribution is -0.384. The molecule has 0 spiro atoms. The summed E-state index contributed by atoms with van der Waals surface area (Å²) in [4.78, 5) is 35.3. The van der Waals surface area contributed by atoms with Gasteiger partial charge in [0.05, 0.1) is 31.8 Å². The molecule has 0 heterocycles. The Balaban J connectivity index is 1.55. The van der Waals surface area contributed by atoms with Crippen molar-refractivity contribution in [1.29, 1.82) is 0 Å². The van der Waals surface area contributed by atoms with E-state index in [-0.39, 0.29) is 23.8 Å². The third-order valence-corrected chi connectivity index (χ3v) is 4.62. The Hall–Kier alpha value is -4.60. The van der Waals surface area contributed by atoms with Crippen molar-refractivity contribution in [3.05, 3.63) is 82.4 Å². The van der Waals surface area contributed by atoms with Crippen LogP contribution in [0.1, 0.15) is 10.4 Å². The lowest BCUT2D eigenvalue weighted by Gasteiger charge is -2.10. The number of ether oxygens (including phenoxy) is 2. The highest BCUT2D eigenvalue weighted by molar-refractivity contribution is 6.04. The van der Waals surface area contributed by atoms with Crippen molar-refractivity contribution in [1.82, 2.24) is 0 Å². The molecular formula is C23H22N4O6. The van der Waals surface area contributed by atoms with Crippen LogP contribution in [0.5, 0.6) is 11.5 Å². The highest BCUT2D eigenvalue weighted by Gasteiger charge is 2.17. The summed E-state index contributed by atoms with van der Waals surface area (Å²) in [5, 5.41) is 19.4. The molecule has 3 aromatic rings. The Morgan fingerprint density at radius 2 is 1.45 bits per heavy atom. The molecule has 0 fully saturated rings. The Bertz CT molecular complexity index is 1150. The summed E-state index contributed by atoms with van der Waals surface area (Å²) in [6.45, 7) is -0.124. The Morgan fingerprint density at radius 3 is 2.06 bits per heavy atom. The quantitative estimate of drug-likeness (QED) is 0.333. The SMILES string of the molecule is COc1ccc(NC(=O)c2ccc(NCC(=O)Nc3ccc(OC)cc3[N+](=O)[O-])cc2)cc1. The number of methoxy groups -OCH3 is 2. The topological polar surface area (TPSA) is 132 Å². The van der Waals surface area contributed by atoms with Gasteiger partial charge < -0.3 is 25.4 Å². The molecule has 10 heteroatoms. The van der Waals surface area contributed by atoms with Crippen molar-refractivity contribution in [3.8, 4) is 11.5 Å². The molecular weight excluding hydrogens is 428 g/mol. The van der Waals surface area contributed by atoms with Crippen LogP contribution >= 0.6 is 0 Å². The Kier molecular flexibility index (Phi) is 7.43. The summed E-state index contributed by atoms with van der Waals surface area (Å²) in [5.74, 6) is 0.254. The number of nitro groups is 1. The van der Waals surface area contributed by atoms with E-state index in [1.54, 1.807) is 55.6 Å². The minimum atomic E-state index is -0.596. The molecule has 0 aliphatic carbocycles. The number of rotatable bonds is 9. The molecule has 0 aliphatic rings. The summed E-state index contributed by atoms with van der Waals surface area (Å²) >= 11 is 0. The molecule has 0 atom stereocenters. The molecule has 0 bridgehead atoms. The van der Waals surface area contributed by atoms with Crippen molar-refractivity contribution in [3.63, 3.8) is 0 Å². The van der Waals surface area contributed by atoms with Crippen LogP contribution in [0, 0.1) is 10.1 Å². The lowest BCUT2D eigenvalue weighted by atomic mass is 10.2. The summed E-state index contributed by atoms with van der Waals surface area (Å²) in [5.41, 5.74) is 1.48. The van der Waals surface area contributed by atoms with Crippen LogP contribution in [-0.4, -0.2) is 37.5 Å². The number of nitrogens with one attached hydrogen (secondary N) is 3. The van der Waals surface area contributed by atoms with Gasteiger partial charge in [-0.2, -0.15) is 0 Å². The largest absolute Gasteiger partial charge is 0.497 e. The van der Waals surface area contributed by atoms with Crippen LogP contribution in [-0.2, 0) is 4.79 Å². The fourth-order valence-corrected chi connectivity index (χ4v) is 2.89. The zero-order valence-electron chi connectivity index (χ0n) is 18.0. The maximum absolute atomic E-state index is 12.4. The average molecular weight is 450 g/mol. The van der Waals surface area contributed by atoms with E-state index in [1.807, 2.05) is 0 Å². The second-order valence-corrected chi connectivity index (χ2v) is 6.80. The molecule has 3 N–H and O–H groups in total. The van der Waals surface area contributed by atoms with Gasteiger partial charge in [-0.25, -0.2) is 0 Å². The number of amides is 2. The summed E-state index contributed by atoms with van der Waals surface area (Å²) in [6.07, 6.45) is 0. The summed E-state index contributed by atoms with van der Waals surface area (Å²) in [7, 11) is 2.96. The van der Waals surface area contributed by atoms with Crippen molar-refractivity contribution in [2.45, 2.75) is 0 Å². The first-order valence-corrected chi connectivity index (χ1v) is 9.81. The number of carbonyl (C=O) groups excluding carboxylic acids is 2. The molecule has 0 saturated carbocycles. The van der Waals surface area contributed by atoms with Crippen LogP contribution in [0.2, 0.25) is 0 Å². The first-order valence-electron chi connectivity index (χ1n) is 9.81. The van der Waals surface area contributed by atoms with E-state index >= 15 is 0 Å². The van der Waals surface area contributed by atoms with Gasteiger partial charge in [0.2, 0.25) is 5.91 Å². The zero-order chi connectivity index (χ0) is 23.8. The molecule has 0 aromatic heterocycles. The highest BCUT2D eigenvalue weighted by atomic mass is 16.6. The van der Waals surface area contributed by atoms with Crippen LogP contribution in [0.15, 0.2) is 66.7 Å². The van der Waals surface area contributed by atoms with Gasteiger partial charge in [-0.05, 0) is 60.7 Å². The van der Waals surface area contributed by atoms with Crippen LogP contribution in [0.4, 0.5) is 22.7 Å². The van der Waals surface area contributed by atoms with E-state index in [2.05, 4.69) is 16.0 Å². The zero-order valence-corrected chi connectivity index (χ0v) is 18.0. The van der Waals surface area contributed by atoms with Crippen molar-refractivity contribution in [2.75, 3.05) is 36.7 Å². The van der Waals surface area contributed by atoms with E-state index in [9.17, 15) is 19.7 Å². The van der Waals surface area contributed by atoms with Gasteiger partial charge in [-0.3, -0.25) is 19.7 Å². The maximum Gasteiger partial charge on any atom is 0.296 e. The standard InChI is InChI=1S/C23H22N4O6/c1-32-18-9-7-17(8-10-18)25-23(29)15-3-5-16(6-4-15)24-14-22(28)26-20-12-11-19(33-2)13-21(20)27(30)31/h3-13,24H,14H2,1-2H3,(H,25,29)(H,26,28). The molecule has 0 aliphatic heterocycles. The molecule has 10 nitrogen and oxygen atoms in total. The minimum Gasteiger partial charge on any atom is -0.497 e. The van der Waals surface area contributed by atoms with Gasteiger partial charge in [0.25, 0.3) is 11.6 Å². The van der Waals surface area contributed by atoms with E-state index in [1.165, 1.54) is 25.3 Å². The van der Waals surface area contributed by atoms with Crippen molar-refractivity contribution >= 4 is 34.6 Å². The highest BCUT2D eigenvalue weighted by Crippen LogP contribution is 2.28. The first-order chi connectivity index (χ1) is 15.9. The molecule has 0 saturated heterocycles. The first kappa shape index (κ1) is 23.1. The normalized spacial score (nSPS) is 10.1. The molecule has 3 aromatic carbocycles. The van der Waals surface area contributed by atoms with Gasteiger partial charge in [0.15, 0.2) is 0 Å². The smallest absolute Gasteiger partial charge is 0.296 e. The predicted octanol–water partition coefficient (Wildman–Crippen LogP) is 3.91. The van der Waals surface area contributed by atoms with Gasteiger partial charge >= 0.3 is 0 Å². The third-order valence-electron chi connectivity index (χ3n) is 4.62. The van der Waals surface area contributed by atoms with Gasteiger partial charge in [-0.15, -0.1) is 0 Å².